The van der Waals surface area contributed by atoms with E-state index in [0.717, 1.165) is 4.90 Å². The Morgan fingerprint density at radius 3 is 2.38 bits per heavy atom. The lowest BCUT2D eigenvalue weighted by Gasteiger charge is -2.33. The van der Waals surface area contributed by atoms with Gasteiger partial charge in [-0.05, 0) is 6.08 Å². The van der Waals surface area contributed by atoms with Crippen molar-refractivity contribution in [2.45, 2.75) is 36.5 Å². The standard InChI is InChI=1S/C16H27N3O10/c1-25-7-16(27-3,8-26-2)14(23)29-18-10-4-5-19(15(24)17-10)13-12(22)11(21)9(6-20)28-13/h4-5,9,11-13,15,20-22,24H,6-8H2,1-3H3,(H,17,18)/t9-,11-,12-,13-,15?/m1/s1. The Bertz CT molecular complexity index is 610. The molecule has 1 saturated heterocycles. The zero-order valence-electron chi connectivity index (χ0n) is 16.3. The van der Waals surface area contributed by atoms with Gasteiger partial charge in [0.15, 0.2) is 12.1 Å². The number of hydrogen-bond donors (Lipinski definition) is 5. The van der Waals surface area contributed by atoms with E-state index in [1.165, 1.54) is 33.6 Å². The van der Waals surface area contributed by atoms with Crippen molar-refractivity contribution in [1.29, 1.82) is 0 Å². The summed E-state index contributed by atoms with van der Waals surface area (Å²) in [7, 11) is 4.08. The lowest BCUT2D eigenvalue weighted by atomic mass is 10.1. The first-order valence-electron chi connectivity index (χ1n) is 8.67. The van der Waals surface area contributed by atoms with Gasteiger partial charge >= 0.3 is 5.97 Å². The molecule has 1 unspecified atom stereocenters. The third kappa shape index (κ3) is 5.02. The molecule has 5 atom stereocenters. The minimum atomic E-state index is -1.52. The van der Waals surface area contributed by atoms with Crippen LogP contribution in [0.4, 0.5) is 0 Å². The summed E-state index contributed by atoms with van der Waals surface area (Å²) in [6.45, 7) is -0.748. The molecule has 2 heterocycles. The molecule has 1 fully saturated rings. The van der Waals surface area contributed by atoms with Gasteiger partial charge in [0.25, 0.3) is 0 Å². The maximum atomic E-state index is 12.4. The van der Waals surface area contributed by atoms with Gasteiger partial charge in [0.05, 0.1) is 19.8 Å². The first kappa shape index (κ1) is 23.4. The van der Waals surface area contributed by atoms with Crippen LogP contribution in [0, 0.1) is 0 Å². The van der Waals surface area contributed by atoms with Gasteiger partial charge in [-0.3, -0.25) is 0 Å². The van der Waals surface area contributed by atoms with Crippen molar-refractivity contribution in [3.8, 4) is 0 Å². The number of aliphatic hydroxyl groups is 4. The predicted molar refractivity (Wildman–Crippen MR) is 94.9 cm³/mol. The van der Waals surface area contributed by atoms with Crippen LogP contribution in [-0.2, 0) is 28.6 Å². The van der Waals surface area contributed by atoms with E-state index >= 15 is 0 Å². The molecular formula is C16H27N3O10. The molecule has 0 radical (unpaired) electrons. The van der Waals surface area contributed by atoms with Crippen LogP contribution >= 0.6 is 0 Å². The summed E-state index contributed by atoms with van der Waals surface area (Å²) in [6, 6.07) is 0. The van der Waals surface area contributed by atoms with Crippen molar-refractivity contribution in [3.05, 3.63) is 12.3 Å². The van der Waals surface area contributed by atoms with Crippen LogP contribution in [0.25, 0.3) is 0 Å². The number of carbonyl (C=O) groups is 1. The Morgan fingerprint density at radius 1 is 1.24 bits per heavy atom. The van der Waals surface area contributed by atoms with Crippen molar-refractivity contribution in [2.24, 2.45) is 4.99 Å². The average molecular weight is 421 g/mol. The van der Waals surface area contributed by atoms with Crippen LogP contribution in [0.1, 0.15) is 0 Å². The Morgan fingerprint density at radius 2 is 1.90 bits per heavy atom. The fourth-order valence-corrected chi connectivity index (χ4v) is 2.89. The van der Waals surface area contributed by atoms with Gasteiger partial charge in [0.1, 0.15) is 18.3 Å². The number of aliphatic imine (C=N–C) groups is 1. The molecule has 13 heteroatoms. The number of hydroxylamine groups is 1. The van der Waals surface area contributed by atoms with Gasteiger partial charge < -0.3 is 49.1 Å². The SMILES string of the molecule is COCC(COC)(OC)C(=O)ONC1=NC(O)N([C@@H]2O[C@H](CO)[C@@H](O)[C@H]2O)C=C1. The molecule has 0 aromatic heterocycles. The number of hydrogen-bond acceptors (Lipinski definition) is 13. The molecule has 2 rings (SSSR count). The average Bonchev–Trinajstić information content (AvgIpc) is 3.00. The van der Waals surface area contributed by atoms with Crippen LogP contribution in [-0.4, -0.2) is 115 Å². The van der Waals surface area contributed by atoms with Gasteiger partial charge in [-0.25, -0.2) is 15.3 Å². The maximum absolute atomic E-state index is 12.4. The number of nitrogens with one attached hydrogen (secondary N) is 1. The topological polar surface area (TPSA) is 172 Å². The van der Waals surface area contributed by atoms with Gasteiger partial charge in [-0.2, -0.15) is 0 Å². The lowest BCUT2D eigenvalue weighted by molar-refractivity contribution is -0.187. The molecule has 2 aliphatic rings. The molecule has 0 bridgehead atoms. The second kappa shape index (κ2) is 10.3. The van der Waals surface area contributed by atoms with E-state index in [0.29, 0.717) is 0 Å². The third-order valence-corrected chi connectivity index (χ3v) is 4.50. The number of aliphatic hydroxyl groups excluding tert-OH is 4. The van der Waals surface area contributed by atoms with Gasteiger partial charge in [-0.15, -0.1) is 0 Å². The van der Waals surface area contributed by atoms with Gasteiger partial charge in [0, 0.05) is 27.5 Å². The molecule has 0 aromatic rings. The van der Waals surface area contributed by atoms with Crippen LogP contribution in [0.15, 0.2) is 17.3 Å². The summed E-state index contributed by atoms with van der Waals surface area (Å²) >= 11 is 0. The van der Waals surface area contributed by atoms with Gasteiger partial charge in [-0.1, -0.05) is 0 Å². The lowest BCUT2D eigenvalue weighted by Crippen LogP contribution is -2.52. The summed E-state index contributed by atoms with van der Waals surface area (Å²) < 4.78 is 20.5. The van der Waals surface area contributed by atoms with Crippen LogP contribution < -0.4 is 5.48 Å². The quantitative estimate of drug-likeness (QED) is 0.247. The van der Waals surface area contributed by atoms with Crippen molar-refractivity contribution in [2.75, 3.05) is 41.2 Å². The highest BCUT2D eigenvalue weighted by atomic mass is 16.7. The van der Waals surface area contributed by atoms with Crippen molar-refractivity contribution >= 4 is 11.8 Å². The summed E-state index contributed by atoms with van der Waals surface area (Å²) in [5.74, 6) is -0.839. The second-order valence-electron chi connectivity index (χ2n) is 6.41. The van der Waals surface area contributed by atoms with E-state index in [1.54, 1.807) is 0 Å². The first-order valence-corrected chi connectivity index (χ1v) is 8.67. The molecule has 0 amide bonds. The molecule has 0 saturated carbocycles. The number of ether oxygens (including phenoxy) is 4. The summed E-state index contributed by atoms with van der Waals surface area (Å²) in [5, 5.41) is 39.2. The molecule has 166 valence electrons. The molecular weight excluding hydrogens is 394 g/mol. The Hall–Kier alpha value is -1.84. The largest absolute Gasteiger partial charge is 0.394 e. The molecule has 5 N–H and O–H groups in total. The zero-order chi connectivity index (χ0) is 21.6. The number of rotatable bonds is 8. The Kier molecular flexibility index (Phi) is 8.30. The van der Waals surface area contributed by atoms with Crippen LogP contribution in [0.5, 0.6) is 0 Å². The van der Waals surface area contributed by atoms with E-state index in [1.807, 2.05) is 0 Å². The van der Waals surface area contributed by atoms with E-state index in [2.05, 4.69) is 10.5 Å². The van der Waals surface area contributed by atoms with Crippen molar-refractivity contribution in [1.82, 2.24) is 10.4 Å². The highest BCUT2D eigenvalue weighted by molar-refractivity contribution is 5.94. The minimum absolute atomic E-state index is 0.00585. The first-order chi connectivity index (χ1) is 13.8. The van der Waals surface area contributed by atoms with E-state index in [-0.39, 0.29) is 19.0 Å². The molecule has 2 aliphatic heterocycles. The molecule has 0 aromatic carbocycles. The molecule has 13 nitrogen and oxygen atoms in total. The predicted octanol–water partition coefficient (Wildman–Crippen LogP) is -3.35. The number of carbonyl (C=O) groups excluding carboxylic acids is 1. The minimum Gasteiger partial charge on any atom is -0.394 e. The second-order valence-corrected chi connectivity index (χ2v) is 6.41. The Labute approximate surface area is 167 Å². The monoisotopic (exact) mass is 421 g/mol. The fourth-order valence-electron chi connectivity index (χ4n) is 2.89. The van der Waals surface area contributed by atoms with Crippen LogP contribution in [0.2, 0.25) is 0 Å². The van der Waals surface area contributed by atoms with E-state index < -0.39 is 49.1 Å². The maximum Gasteiger partial charge on any atom is 0.368 e. The molecule has 0 aliphatic carbocycles. The summed E-state index contributed by atoms with van der Waals surface area (Å²) in [6.07, 6.45) is -3.68. The summed E-state index contributed by atoms with van der Waals surface area (Å²) in [4.78, 5) is 22.4. The smallest absolute Gasteiger partial charge is 0.368 e. The van der Waals surface area contributed by atoms with Gasteiger partial charge in [0.2, 0.25) is 12.0 Å². The third-order valence-electron chi connectivity index (χ3n) is 4.50. The normalized spacial score (nSPS) is 29.7. The number of methoxy groups -OCH3 is 3. The Balaban J connectivity index is 1.98. The van der Waals surface area contributed by atoms with E-state index in [4.69, 9.17) is 28.9 Å². The number of amidine groups is 1. The van der Waals surface area contributed by atoms with E-state index in [9.17, 15) is 20.1 Å². The zero-order valence-corrected chi connectivity index (χ0v) is 16.3. The highest BCUT2D eigenvalue weighted by Gasteiger charge is 2.46. The van der Waals surface area contributed by atoms with Crippen molar-refractivity contribution in [3.63, 3.8) is 0 Å². The highest BCUT2D eigenvalue weighted by Crippen LogP contribution is 2.26. The molecule has 29 heavy (non-hydrogen) atoms. The van der Waals surface area contributed by atoms with Crippen molar-refractivity contribution < 1.29 is 49.0 Å². The molecule has 0 spiro atoms. The fraction of sp³-hybridized carbons (Fsp3) is 0.750. The summed E-state index contributed by atoms with van der Waals surface area (Å²) in [5.41, 5.74) is 0.800. The van der Waals surface area contributed by atoms with Crippen LogP contribution in [0.3, 0.4) is 0 Å². The number of nitrogens with zero attached hydrogens (tertiary/aromatic N) is 2.